The molecule has 2 saturated heterocycles. The number of hydrogen-bond donors (Lipinski definition) is 0. The lowest BCUT2D eigenvalue weighted by molar-refractivity contribution is -0.141. The minimum atomic E-state index is -0.118. The Kier molecular flexibility index (Phi) is 5.21. The van der Waals surface area contributed by atoms with Gasteiger partial charge in [-0.1, -0.05) is 19.4 Å². The molecule has 0 spiro atoms. The molecule has 0 radical (unpaired) electrons. The molecule has 23 heavy (non-hydrogen) atoms. The number of piperidine rings is 2. The fourth-order valence-corrected chi connectivity index (χ4v) is 3.94. The van der Waals surface area contributed by atoms with Crippen molar-refractivity contribution in [3.63, 3.8) is 0 Å². The van der Waals surface area contributed by atoms with Crippen molar-refractivity contribution >= 4 is 5.97 Å². The average Bonchev–Trinajstić information content (AvgIpc) is 2.60. The molecule has 3 rings (SSSR count). The SMILES string of the molecule is COc1cccc(OC(=O)C(C)C2CCN3CCCCC3C2)c1. The predicted octanol–water partition coefficient (Wildman–Crippen LogP) is 3.50. The van der Waals surface area contributed by atoms with Crippen LogP contribution in [0.5, 0.6) is 11.5 Å². The molecule has 1 aromatic carbocycles. The van der Waals surface area contributed by atoms with Crippen LogP contribution in [0.25, 0.3) is 0 Å². The van der Waals surface area contributed by atoms with E-state index in [4.69, 9.17) is 9.47 Å². The molecule has 3 atom stereocenters. The summed E-state index contributed by atoms with van der Waals surface area (Å²) in [5, 5.41) is 0. The molecule has 2 aliphatic heterocycles. The van der Waals surface area contributed by atoms with Crippen LogP contribution in [0.1, 0.15) is 39.0 Å². The molecule has 2 aliphatic rings. The van der Waals surface area contributed by atoms with Crippen molar-refractivity contribution in [1.82, 2.24) is 4.90 Å². The quantitative estimate of drug-likeness (QED) is 0.629. The van der Waals surface area contributed by atoms with Gasteiger partial charge in [0.05, 0.1) is 13.0 Å². The molecule has 4 heteroatoms. The lowest BCUT2D eigenvalue weighted by Crippen LogP contribution is -2.47. The highest BCUT2D eigenvalue weighted by Gasteiger charge is 2.35. The van der Waals surface area contributed by atoms with E-state index in [0.29, 0.717) is 23.5 Å². The standard InChI is InChI=1S/C19H27NO3/c1-14(15-9-11-20-10-4-3-6-16(20)12-15)19(21)23-18-8-5-7-17(13-18)22-2/h5,7-8,13-16H,3-4,6,9-12H2,1-2H3. The van der Waals surface area contributed by atoms with Gasteiger partial charge in [-0.2, -0.15) is 0 Å². The van der Waals surface area contributed by atoms with E-state index >= 15 is 0 Å². The van der Waals surface area contributed by atoms with E-state index in [1.807, 2.05) is 19.1 Å². The highest BCUT2D eigenvalue weighted by Crippen LogP contribution is 2.34. The Morgan fingerprint density at radius 3 is 2.87 bits per heavy atom. The number of hydrogen-bond acceptors (Lipinski definition) is 4. The topological polar surface area (TPSA) is 38.8 Å². The monoisotopic (exact) mass is 317 g/mol. The van der Waals surface area contributed by atoms with E-state index in [1.165, 1.54) is 25.8 Å². The summed E-state index contributed by atoms with van der Waals surface area (Å²) in [6, 6.07) is 7.92. The van der Waals surface area contributed by atoms with Crippen LogP contribution in [0.2, 0.25) is 0 Å². The number of esters is 1. The zero-order valence-corrected chi connectivity index (χ0v) is 14.2. The second-order valence-corrected chi connectivity index (χ2v) is 6.86. The average molecular weight is 317 g/mol. The molecule has 126 valence electrons. The first-order valence-corrected chi connectivity index (χ1v) is 8.77. The summed E-state index contributed by atoms with van der Waals surface area (Å²) in [4.78, 5) is 15.1. The predicted molar refractivity (Wildman–Crippen MR) is 89.7 cm³/mol. The zero-order valence-electron chi connectivity index (χ0n) is 14.2. The third-order valence-corrected chi connectivity index (χ3v) is 5.45. The summed E-state index contributed by atoms with van der Waals surface area (Å²) in [6.45, 7) is 4.39. The highest BCUT2D eigenvalue weighted by molar-refractivity contribution is 5.75. The fourth-order valence-electron chi connectivity index (χ4n) is 3.94. The van der Waals surface area contributed by atoms with Crippen LogP contribution >= 0.6 is 0 Å². The summed E-state index contributed by atoms with van der Waals surface area (Å²) >= 11 is 0. The zero-order chi connectivity index (χ0) is 16.2. The number of carbonyl (C=O) groups is 1. The van der Waals surface area contributed by atoms with Gasteiger partial charge in [0.25, 0.3) is 0 Å². The molecule has 3 unspecified atom stereocenters. The van der Waals surface area contributed by atoms with Crippen molar-refractivity contribution in [1.29, 1.82) is 0 Å². The minimum absolute atomic E-state index is 0.0507. The third-order valence-electron chi connectivity index (χ3n) is 5.45. The Morgan fingerprint density at radius 2 is 2.04 bits per heavy atom. The lowest BCUT2D eigenvalue weighted by Gasteiger charge is -2.43. The van der Waals surface area contributed by atoms with E-state index in [1.54, 1.807) is 19.2 Å². The van der Waals surface area contributed by atoms with E-state index < -0.39 is 0 Å². The van der Waals surface area contributed by atoms with Gasteiger partial charge < -0.3 is 14.4 Å². The molecular formula is C19H27NO3. The lowest BCUT2D eigenvalue weighted by atomic mass is 9.79. The first kappa shape index (κ1) is 16.3. The van der Waals surface area contributed by atoms with Crippen LogP contribution in [0.4, 0.5) is 0 Å². The number of carbonyl (C=O) groups excluding carboxylic acids is 1. The largest absolute Gasteiger partial charge is 0.497 e. The van der Waals surface area contributed by atoms with Crippen molar-refractivity contribution in [2.24, 2.45) is 11.8 Å². The molecular weight excluding hydrogens is 290 g/mol. The second kappa shape index (κ2) is 7.35. The second-order valence-electron chi connectivity index (χ2n) is 6.86. The van der Waals surface area contributed by atoms with Crippen LogP contribution in [-0.4, -0.2) is 37.1 Å². The van der Waals surface area contributed by atoms with Crippen molar-refractivity contribution in [3.05, 3.63) is 24.3 Å². The molecule has 1 aromatic rings. The van der Waals surface area contributed by atoms with E-state index in [2.05, 4.69) is 4.90 Å². The summed E-state index contributed by atoms with van der Waals surface area (Å²) < 4.78 is 10.8. The normalized spacial score (nSPS) is 26.2. The van der Waals surface area contributed by atoms with E-state index in [-0.39, 0.29) is 11.9 Å². The summed E-state index contributed by atoms with van der Waals surface area (Å²) in [5.41, 5.74) is 0. The van der Waals surface area contributed by atoms with Crippen molar-refractivity contribution in [2.45, 2.75) is 45.1 Å². The van der Waals surface area contributed by atoms with Crippen LogP contribution in [0.15, 0.2) is 24.3 Å². The first-order chi connectivity index (χ1) is 11.2. The molecule has 4 nitrogen and oxygen atoms in total. The van der Waals surface area contributed by atoms with Crippen molar-refractivity contribution in [3.8, 4) is 11.5 Å². The van der Waals surface area contributed by atoms with Gasteiger partial charge in [0.1, 0.15) is 11.5 Å². The Balaban J connectivity index is 1.58. The van der Waals surface area contributed by atoms with Gasteiger partial charge in [0.2, 0.25) is 0 Å². The molecule has 0 aromatic heterocycles. The smallest absolute Gasteiger partial charge is 0.314 e. The van der Waals surface area contributed by atoms with Crippen molar-refractivity contribution < 1.29 is 14.3 Å². The number of methoxy groups -OCH3 is 1. The van der Waals surface area contributed by atoms with Gasteiger partial charge in [0.15, 0.2) is 0 Å². The van der Waals surface area contributed by atoms with Gasteiger partial charge >= 0.3 is 5.97 Å². The molecule has 0 N–H and O–H groups in total. The highest BCUT2D eigenvalue weighted by atomic mass is 16.5. The fraction of sp³-hybridized carbons (Fsp3) is 0.632. The van der Waals surface area contributed by atoms with Gasteiger partial charge in [-0.3, -0.25) is 4.79 Å². The molecule has 0 amide bonds. The molecule has 2 heterocycles. The van der Waals surface area contributed by atoms with Gasteiger partial charge in [-0.05, 0) is 56.8 Å². The van der Waals surface area contributed by atoms with Crippen LogP contribution in [0, 0.1) is 11.8 Å². The maximum atomic E-state index is 12.5. The maximum absolute atomic E-state index is 12.5. The number of fused-ring (bicyclic) bond motifs is 1. The summed E-state index contributed by atoms with van der Waals surface area (Å²) in [7, 11) is 1.61. The Morgan fingerprint density at radius 1 is 1.22 bits per heavy atom. The third kappa shape index (κ3) is 3.86. The van der Waals surface area contributed by atoms with Gasteiger partial charge in [0, 0.05) is 12.1 Å². The van der Waals surface area contributed by atoms with E-state index in [0.717, 1.165) is 19.4 Å². The maximum Gasteiger partial charge on any atom is 0.314 e. The van der Waals surface area contributed by atoms with Crippen molar-refractivity contribution in [2.75, 3.05) is 20.2 Å². The van der Waals surface area contributed by atoms with Gasteiger partial charge in [-0.25, -0.2) is 0 Å². The van der Waals surface area contributed by atoms with Crippen LogP contribution in [-0.2, 0) is 4.79 Å². The first-order valence-electron chi connectivity index (χ1n) is 8.77. The number of rotatable bonds is 4. The van der Waals surface area contributed by atoms with Gasteiger partial charge in [-0.15, -0.1) is 0 Å². The molecule has 0 saturated carbocycles. The Labute approximate surface area is 138 Å². The molecule has 0 bridgehead atoms. The Hall–Kier alpha value is -1.55. The van der Waals surface area contributed by atoms with E-state index in [9.17, 15) is 4.79 Å². The number of ether oxygens (including phenoxy) is 2. The molecule has 2 fully saturated rings. The number of nitrogens with zero attached hydrogens (tertiary/aromatic N) is 1. The molecule has 0 aliphatic carbocycles. The van der Waals surface area contributed by atoms with Crippen LogP contribution < -0.4 is 9.47 Å². The van der Waals surface area contributed by atoms with Crippen LogP contribution in [0.3, 0.4) is 0 Å². The summed E-state index contributed by atoms with van der Waals surface area (Å²) in [6.07, 6.45) is 6.18. The minimum Gasteiger partial charge on any atom is -0.497 e. The Bertz CT molecular complexity index is 545. The summed E-state index contributed by atoms with van der Waals surface area (Å²) in [5.74, 6) is 1.54. The number of benzene rings is 1.